The van der Waals surface area contributed by atoms with Gasteiger partial charge in [-0.25, -0.2) is 9.69 Å². The second-order valence-electron chi connectivity index (χ2n) is 8.20. The van der Waals surface area contributed by atoms with E-state index in [0.29, 0.717) is 21.2 Å². The number of rotatable bonds is 7. The van der Waals surface area contributed by atoms with Crippen molar-refractivity contribution in [3.8, 4) is 5.75 Å². The van der Waals surface area contributed by atoms with Gasteiger partial charge in [-0.3, -0.25) is 24.5 Å². The lowest BCUT2D eigenvalue weighted by atomic mass is 9.83. The van der Waals surface area contributed by atoms with Crippen LogP contribution in [-0.2, 0) is 19.1 Å². The monoisotopic (exact) mass is 541 g/mol. The highest BCUT2D eigenvalue weighted by Gasteiger charge is 2.56. The molecule has 3 atom stereocenters. The number of carbonyl (C=O) groups excluding carboxylic acids is 3. The molecule has 1 N–H and O–H groups in total. The summed E-state index contributed by atoms with van der Waals surface area (Å²) in [5.41, 5.74) is 0.712. The number of hydrogen-bond acceptors (Lipinski definition) is 10. The number of carbonyl (C=O) groups is 3. The van der Waals surface area contributed by atoms with Crippen LogP contribution in [0.2, 0.25) is 0 Å². The Morgan fingerprint density at radius 2 is 1.89 bits per heavy atom. The average Bonchev–Trinajstić information content (AvgIpc) is 3.37. The highest BCUT2D eigenvalue weighted by atomic mass is 32.2. The van der Waals surface area contributed by atoms with Crippen LogP contribution in [-0.4, -0.2) is 46.2 Å². The number of non-ortho nitro benzene ring substituents is 1. The lowest BCUT2D eigenvalue weighted by molar-refractivity contribution is -0.384. The molecule has 2 aliphatic rings. The van der Waals surface area contributed by atoms with Gasteiger partial charge in [0.25, 0.3) is 5.69 Å². The molecule has 0 aliphatic carbocycles. The van der Waals surface area contributed by atoms with Gasteiger partial charge in [-0.1, -0.05) is 35.2 Å². The van der Waals surface area contributed by atoms with Gasteiger partial charge < -0.3 is 14.5 Å². The molecule has 1 fully saturated rings. The van der Waals surface area contributed by atoms with E-state index in [1.807, 2.05) is 0 Å². The molecule has 190 valence electrons. The molecule has 11 nitrogen and oxygen atoms in total. The van der Waals surface area contributed by atoms with Crippen molar-refractivity contribution in [1.29, 1.82) is 0 Å². The molecule has 1 saturated heterocycles. The van der Waals surface area contributed by atoms with Crippen LogP contribution in [0, 0.1) is 16.0 Å². The predicted octanol–water partition coefficient (Wildman–Crippen LogP) is 3.08. The van der Waals surface area contributed by atoms with E-state index in [1.54, 1.807) is 31.2 Å². The smallest absolute Gasteiger partial charge is 0.344 e. The second kappa shape index (κ2) is 9.82. The van der Waals surface area contributed by atoms with Gasteiger partial charge in [0.15, 0.2) is 6.61 Å². The summed E-state index contributed by atoms with van der Waals surface area (Å²) in [5, 5.41) is 10.7. The van der Waals surface area contributed by atoms with E-state index in [9.17, 15) is 29.3 Å². The van der Waals surface area contributed by atoms with Crippen LogP contribution in [0.3, 0.4) is 0 Å². The first kappa shape index (κ1) is 24.7. The van der Waals surface area contributed by atoms with Gasteiger partial charge in [0.05, 0.1) is 28.2 Å². The van der Waals surface area contributed by atoms with Gasteiger partial charge in [-0.2, -0.15) is 0 Å². The molecule has 3 aromatic rings. The van der Waals surface area contributed by atoms with Crippen LogP contribution in [0.4, 0.5) is 11.4 Å². The van der Waals surface area contributed by atoms with Crippen molar-refractivity contribution in [3.05, 3.63) is 78.8 Å². The standard InChI is InChI=1S/C24H19N3O8S2/c1-2-34-16(28)11-35-15-5-3-4-12(10-15)17-18-20(36-21-19(17)37-24(31)25-21)23(30)26(22(18)29)13-6-8-14(9-7-13)27(32)33/h3-10,17-18,20H,2,11H2,1H3,(H,25,31). The minimum atomic E-state index is -0.827. The van der Waals surface area contributed by atoms with E-state index in [1.165, 1.54) is 24.3 Å². The van der Waals surface area contributed by atoms with E-state index in [0.717, 1.165) is 28.0 Å². The summed E-state index contributed by atoms with van der Waals surface area (Å²) in [5.74, 6) is -2.54. The van der Waals surface area contributed by atoms with E-state index >= 15 is 0 Å². The quantitative estimate of drug-likeness (QED) is 0.206. The minimum Gasteiger partial charge on any atom is -0.482 e. The number of ether oxygens (including phenoxy) is 2. The molecule has 0 bridgehead atoms. The lowest BCUT2D eigenvalue weighted by Gasteiger charge is -2.30. The Morgan fingerprint density at radius 1 is 1.14 bits per heavy atom. The number of imide groups is 1. The van der Waals surface area contributed by atoms with E-state index in [-0.39, 0.29) is 29.5 Å². The van der Waals surface area contributed by atoms with Crippen molar-refractivity contribution >= 4 is 52.3 Å². The molecule has 37 heavy (non-hydrogen) atoms. The SMILES string of the molecule is CCOC(=O)COc1cccc(C2c3sc(=O)[nH]c3SC3C(=O)N(c4ccc([N+](=O)[O-])cc4)C(=O)C32)c1. The largest absolute Gasteiger partial charge is 0.482 e. The Hall–Kier alpha value is -3.97. The summed E-state index contributed by atoms with van der Waals surface area (Å²) in [6, 6.07) is 12.0. The van der Waals surface area contributed by atoms with Crippen LogP contribution >= 0.6 is 23.1 Å². The number of hydrogen-bond donors (Lipinski definition) is 1. The molecule has 3 unspecified atom stereocenters. The number of aromatic nitrogens is 1. The first-order valence-electron chi connectivity index (χ1n) is 11.2. The second-order valence-corrected chi connectivity index (χ2v) is 10.4. The number of nitro benzene ring substituents is 1. The third-order valence-electron chi connectivity index (χ3n) is 6.02. The number of nitro groups is 1. The highest BCUT2D eigenvalue weighted by Crippen LogP contribution is 2.53. The van der Waals surface area contributed by atoms with Crippen molar-refractivity contribution in [2.75, 3.05) is 18.1 Å². The number of benzene rings is 2. The van der Waals surface area contributed by atoms with Gasteiger partial charge in [0, 0.05) is 22.9 Å². The molecular weight excluding hydrogens is 522 g/mol. The summed E-state index contributed by atoms with van der Waals surface area (Å²) in [7, 11) is 0. The molecule has 3 heterocycles. The summed E-state index contributed by atoms with van der Waals surface area (Å²) in [6.07, 6.45) is 0. The molecule has 2 aliphatic heterocycles. The van der Waals surface area contributed by atoms with E-state index < -0.39 is 39.8 Å². The maximum Gasteiger partial charge on any atom is 0.344 e. The zero-order valence-corrected chi connectivity index (χ0v) is 20.9. The number of thioether (sulfide) groups is 1. The average molecular weight is 542 g/mol. The zero-order valence-electron chi connectivity index (χ0n) is 19.2. The molecule has 13 heteroatoms. The Bertz CT molecular complexity index is 1470. The van der Waals surface area contributed by atoms with Crippen LogP contribution in [0.25, 0.3) is 0 Å². The predicted molar refractivity (Wildman–Crippen MR) is 134 cm³/mol. The molecular formula is C24H19N3O8S2. The highest BCUT2D eigenvalue weighted by molar-refractivity contribution is 8.00. The Morgan fingerprint density at radius 3 is 2.59 bits per heavy atom. The van der Waals surface area contributed by atoms with Crippen LogP contribution in [0.15, 0.2) is 58.4 Å². The lowest BCUT2D eigenvalue weighted by Crippen LogP contribution is -2.32. The fourth-order valence-electron chi connectivity index (χ4n) is 4.50. The number of fused-ring (bicyclic) bond motifs is 2. The maximum atomic E-state index is 13.7. The molecule has 0 radical (unpaired) electrons. The third kappa shape index (κ3) is 4.51. The number of H-pyrrole nitrogens is 1. The minimum absolute atomic E-state index is 0.160. The van der Waals surface area contributed by atoms with Crippen molar-refractivity contribution < 1.29 is 28.8 Å². The molecule has 0 saturated carbocycles. The number of nitrogens with one attached hydrogen (secondary N) is 1. The van der Waals surface area contributed by atoms with Crippen LogP contribution in [0.1, 0.15) is 23.3 Å². The molecule has 1 aromatic heterocycles. The number of aromatic amines is 1. The van der Waals surface area contributed by atoms with Crippen molar-refractivity contribution in [1.82, 2.24) is 4.98 Å². The van der Waals surface area contributed by atoms with Gasteiger partial charge in [-0.15, -0.1) is 0 Å². The summed E-state index contributed by atoms with van der Waals surface area (Å²) < 4.78 is 10.4. The molecule has 2 amide bonds. The number of amides is 2. The van der Waals surface area contributed by atoms with Crippen LogP contribution < -0.4 is 14.5 Å². The first-order valence-corrected chi connectivity index (χ1v) is 12.9. The fraction of sp³-hybridized carbons (Fsp3) is 0.250. The van der Waals surface area contributed by atoms with Crippen molar-refractivity contribution in [2.24, 2.45) is 5.92 Å². The van der Waals surface area contributed by atoms with Gasteiger partial charge in [0.2, 0.25) is 11.8 Å². The van der Waals surface area contributed by atoms with Crippen molar-refractivity contribution in [3.63, 3.8) is 0 Å². The van der Waals surface area contributed by atoms with Crippen LogP contribution in [0.5, 0.6) is 5.75 Å². The Balaban J connectivity index is 1.52. The number of anilines is 1. The van der Waals surface area contributed by atoms with Gasteiger partial charge in [-0.05, 0) is 36.8 Å². The Labute approximate surface area is 217 Å². The third-order valence-corrected chi connectivity index (χ3v) is 8.42. The zero-order chi connectivity index (χ0) is 26.3. The number of nitrogens with zero attached hydrogens (tertiary/aromatic N) is 2. The summed E-state index contributed by atoms with van der Waals surface area (Å²) >= 11 is 2.11. The molecule has 0 spiro atoms. The summed E-state index contributed by atoms with van der Waals surface area (Å²) in [4.78, 5) is 65.7. The number of thiazole rings is 1. The van der Waals surface area contributed by atoms with Crippen molar-refractivity contribution in [2.45, 2.75) is 23.1 Å². The maximum absolute atomic E-state index is 13.7. The normalized spacial score (nSPS) is 20.4. The topological polar surface area (TPSA) is 149 Å². The first-order chi connectivity index (χ1) is 17.8. The van der Waals surface area contributed by atoms with Gasteiger partial charge in [0.1, 0.15) is 11.0 Å². The van der Waals surface area contributed by atoms with E-state index in [4.69, 9.17) is 9.47 Å². The number of esters is 1. The molecule has 2 aromatic carbocycles. The van der Waals surface area contributed by atoms with E-state index in [2.05, 4.69) is 4.98 Å². The molecule has 5 rings (SSSR count). The van der Waals surface area contributed by atoms with Gasteiger partial charge >= 0.3 is 10.8 Å². The Kier molecular flexibility index (Phi) is 6.56. The summed E-state index contributed by atoms with van der Waals surface area (Å²) in [6.45, 7) is 1.62. The fourth-order valence-corrected chi connectivity index (χ4v) is 7.01.